The lowest BCUT2D eigenvalue weighted by Crippen LogP contribution is -2.25. The van der Waals surface area contributed by atoms with E-state index in [0.717, 1.165) is 0 Å². The van der Waals surface area contributed by atoms with Crippen molar-refractivity contribution >= 4 is 62.0 Å². The number of anilines is 1. The molecule has 0 aliphatic carbocycles. The Labute approximate surface area is 199 Å². The molecule has 1 heterocycles. The zero-order valence-corrected chi connectivity index (χ0v) is 19.9. The fraction of sp³-hybridized carbons (Fsp3) is 0.105. The lowest BCUT2D eigenvalue weighted by atomic mass is 10.1. The second-order valence-electron chi connectivity index (χ2n) is 6.63. The van der Waals surface area contributed by atoms with Crippen LogP contribution in [0.1, 0.15) is 12.6 Å². The van der Waals surface area contributed by atoms with Gasteiger partial charge in [-0.1, -0.05) is 29.3 Å². The second-order valence-corrected chi connectivity index (χ2v) is 9.41. The van der Waals surface area contributed by atoms with Crippen LogP contribution in [0.4, 0.5) is 5.69 Å². The maximum atomic E-state index is 11.3. The normalized spacial score (nSPS) is 12.0. The van der Waals surface area contributed by atoms with Crippen molar-refractivity contribution in [3.8, 4) is 17.0 Å². The van der Waals surface area contributed by atoms with Crippen molar-refractivity contribution in [1.29, 1.82) is 0 Å². The molecule has 0 atom stereocenters. The summed E-state index contributed by atoms with van der Waals surface area (Å²) in [5.74, 6) is -0.0774. The molecule has 2 aromatic carbocycles. The molecule has 0 aliphatic rings. The van der Waals surface area contributed by atoms with Crippen molar-refractivity contribution in [2.75, 3.05) is 5.32 Å². The van der Waals surface area contributed by atoms with Crippen molar-refractivity contribution in [3.05, 3.63) is 58.2 Å². The number of hydrazone groups is 1. The Balaban J connectivity index is 1.75. The number of hydrogen-bond acceptors (Lipinski definition) is 6. The molecule has 9 nitrogen and oxygen atoms in total. The summed E-state index contributed by atoms with van der Waals surface area (Å²) in [4.78, 5) is -0.0146. The number of nitrogens with two attached hydrogens (primary N) is 1. The summed E-state index contributed by atoms with van der Waals surface area (Å²) in [6.45, 7) is 1.65. The molecule has 0 amide bonds. The lowest BCUT2D eigenvalue weighted by molar-refractivity contribution is 0.475. The summed E-state index contributed by atoms with van der Waals surface area (Å²) in [6, 6.07) is 10.7. The van der Waals surface area contributed by atoms with Crippen LogP contribution in [-0.4, -0.2) is 34.1 Å². The minimum atomic E-state index is -3.78. The molecule has 3 rings (SSSR count). The molecule has 5 N–H and O–H groups in total. The van der Waals surface area contributed by atoms with Crippen LogP contribution in [-0.2, 0) is 17.1 Å². The Morgan fingerprint density at radius 2 is 1.84 bits per heavy atom. The van der Waals surface area contributed by atoms with Gasteiger partial charge in [-0.25, -0.2) is 13.6 Å². The van der Waals surface area contributed by atoms with Crippen LogP contribution in [0.5, 0.6) is 5.75 Å². The monoisotopic (exact) mass is 512 g/mol. The number of nitrogens with one attached hydrogen (secondary N) is 2. The number of nitrogens with zero attached hydrogens (tertiary/aromatic N) is 3. The highest BCUT2D eigenvalue weighted by Crippen LogP contribution is 2.35. The Hall–Kier alpha value is -2.70. The molecule has 1 aromatic heterocycles. The van der Waals surface area contributed by atoms with E-state index in [9.17, 15) is 13.5 Å². The molecule has 0 radical (unpaired) electrons. The lowest BCUT2D eigenvalue weighted by Gasteiger charge is -2.08. The Kier molecular flexibility index (Phi) is 7.06. The van der Waals surface area contributed by atoms with Gasteiger partial charge < -0.3 is 10.4 Å². The van der Waals surface area contributed by atoms with Gasteiger partial charge in [-0.15, -0.1) is 0 Å². The Morgan fingerprint density at radius 3 is 2.44 bits per heavy atom. The third-order valence-electron chi connectivity index (χ3n) is 4.32. The van der Waals surface area contributed by atoms with Crippen molar-refractivity contribution < 1.29 is 13.5 Å². The van der Waals surface area contributed by atoms with E-state index in [1.165, 1.54) is 28.9 Å². The van der Waals surface area contributed by atoms with Gasteiger partial charge in [0.15, 0.2) is 16.6 Å². The van der Waals surface area contributed by atoms with Gasteiger partial charge in [-0.2, -0.15) is 10.2 Å². The number of aromatic nitrogens is 2. The SMILES string of the molecule is CC(=NNC(=S)Nc1ccc(S(N)(=O)=O)cc1)c1nn(C)c(-c2ccc(Cl)c(Cl)c2)c1O. The van der Waals surface area contributed by atoms with Crippen LogP contribution in [0.3, 0.4) is 0 Å². The van der Waals surface area contributed by atoms with Gasteiger partial charge in [0.05, 0.1) is 20.7 Å². The number of aromatic hydroxyl groups is 1. The van der Waals surface area contributed by atoms with Gasteiger partial charge in [0.25, 0.3) is 0 Å². The van der Waals surface area contributed by atoms with E-state index in [4.69, 9.17) is 40.6 Å². The number of benzene rings is 2. The van der Waals surface area contributed by atoms with Gasteiger partial charge >= 0.3 is 0 Å². The number of aryl methyl sites for hydroxylation is 1. The minimum Gasteiger partial charge on any atom is -0.504 e. The molecule has 0 spiro atoms. The first kappa shape index (κ1) is 24.0. The Morgan fingerprint density at radius 1 is 1.19 bits per heavy atom. The maximum Gasteiger partial charge on any atom is 0.238 e. The third kappa shape index (κ3) is 5.37. The Bertz CT molecular complexity index is 1320. The number of rotatable bonds is 5. The van der Waals surface area contributed by atoms with E-state index in [1.807, 2.05) is 0 Å². The molecule has 0 fully saturated rings. The van der Waals surface area contributed by atoms with Gasteiger partial charge in [0.1, 0.15) is 5.69 Å². The first-order valence-corrected chi connectivity index (χ1v) is 11.6. The van der Waals surface area contributed by atoms with Crippen LogP contribution < -0.4 is 15.9 Å². The molecule has 0 unspecified atom stereocenters. The van der Waals surface area contributed by atoms with Crippen molar-refractivity contribution in [2.45, 2.75) is 11.8 Å². The van der Waals surface area contributed by atoms with Crippen molar-refractivity contribution in [1.82, 2.24) is 15.2 Å². The quantitative estimate of drug-likeness (QED) is 0.233. The number of sulfonamides is 1. The highest BCUT2D eigenvalue weighted by molar-refractivity contribution is 7.89. The fourth-order valence-electron chi connectivity index (χ4n) is 2.80. The summed E-state index contributed by atoms with van der Waals surface area (Å²) in [5.41, 5.74) is 4.90. The largest absolute Gasteiger partial charge is 0.504 e. The predicted molar refractivity (Wildman–Crippen MR) is 130 cm³/mol. The van der Waals surface area contributed by atoms with Crippen LogP contribution in [0.15, 0.2) is 52.5 Å². The van der Waals surface area contributed by atoms with Crippen molar-refractivity contribution in [2.24, 2.45) is 17.3 Å². The molecular formula is C19H18Cl2N6O3S2. The van der Waals surface area contributed by atoms with Gasteiger partial charge in [-0.3, -0.25) is 10.1 Å². The fourth-order valence-corrected chi connectivity index (χ4v) is 3.78. The first-order valence-electron chi connectivity index (χ1n) is 8.93. The van der Waals surface area contributed by atoms with E-state index < -0.39 is 10.0 Å². The molecule has 0 bridgehead atoms. The molecule has 13 heteroatoms. The van der Waals surface area contributed by atoms with E-state index >= 15 is 0 Å². The third-order valence-corrected chi connectivity index (χ3v) is 6.19. The van der Waals surface area contributed by atoms with Crippen LogP contribution >= 0.6 is 35.4 Å². The maximum absolute atomic E-state index is 11.3. The topological polar surface area (TPSA) is 135 Å². The number of hydrogen-bond donors (Lipinski definition) is 4. The van der Waals surface area contributed by atoms with Gasteiger partial charge in [-0.05, 0) is 55.5 Å². The minimum absolute atomic E-state index is 0.0146. The number of halogens is 2. The molecule has 168 valence electrons. The highest BCUT2D eigenvalue weighted by atomic mass is 35.5. The van der Waals surface area contributed by atoms with Gasteiger partial charge in [0.2, 0.25) is 10.0 Å². The summed E-state index contributed by atoms with van der Waals surface area (Å²) in [5, 5.41) is 28.0. The zero-order valence-electron chi connectivity index (χ0n) is 16.8. The van der Waals surface area contributed by atoms with Gasteiger partial charge in [0, 0.05) is 18.3 Å². The summed E-state index contributed by atoms with van der Waals surface area (Å²) >= 11 is 17.2. The second kappa shape index (κ2) is 9.43. The van der Waals surface area contributed by atoms with E-state index in [2.05, 4.69) is 20.9 Å². The van der Waals surface area contributed by atoms with Crippen LogP contribution in [0.25, 0.3) is 11.3 Å². The first-order chi connectivity index (χ1) is 15.0. The number of thiocarbonyl (C=S) groups is 1. The summed E-state index contributed by atoms with van der Waals surface area (Å²) in [6.07, 6.45) is 0. The molecule has 0 saturated heterocycles. The molecular weight excluding hydrogens is 495 g/mol. The van der Waals surface area contributed by atoms with E-state index in [0.29, 0.717) is 32.7 Å². The zero-order chi connectivity index (χ0) is 23.6. The molecule has 3 aromatic rings. The van der Waals surface area contributed by atoms with E-state index in [1.54, 1.807) is 32.2 Å². The smallest absolute Gasteiger partial charge is 0.238 e. The number of primary sulfonamides is 1. The van der Waals surface area contributed by atoms with Crippen LogP contribution in [0.2, 0.25) is 10.0 Å². The summed E-state index contributed by atoms with van der Waals surface area (Å²) < 4.78 is 24.1. The average Bonchev–Trinajstić information content (AvgIpc) is 3.02. The van der Waals surface area contributed by atoms with Crippen molar-refractivity contribution in [3.63, 3.8) is 0 Å². The molecule has 0 aliphatic heterocycles. The van der Waals surface area contributed by atoms with Crippen LogP contribution in [0, 0.1) is 0 Å². The summed E-state index contributed by atoms with van der Waals surface area (Å²) in [7, 11) is -2.10. The van der Waals surface area contributed by atoms with E-state index in [-0.39, 0.29) is 21.5 Å². The molecule has 0 saturated carbocycles. The standard InChI is InChI=1S/C19H18Cl2N6O3S2/c1-10(24-25-19(31)23-12-4-6-13(7-5-12)32(22,29)30)16-18(28)17(27(2)26-16)11-3-8-14(20)15(21)9-11/h3-9,28H,1-2H3,(H2,22,29,30)(H2,23,25,31). The molecule has 32 heavy (non-hydrogen) atoms. The average molecular weight is 513 g/mol. The highest BCUT2D eigenvalue weighted by Gasteiger charge is 2.20. The predicted octanol–water partition coefficient (Wildman–Crippen LogP) is 3.46.